The summed E-state index contributed by atoms with van der Waals surface area (Å²) in [5.41, 5.74) is 8.46. The molecule has 1 aromatic heterocycles. The fourth-order valence-corrected chi connectivity index (χ4v) is 3.05. The molecule has 3 N–H and O–H groups in total. The van der Waals surface area contributed by atoms with Gasteiger partial charge in [-0.2, -0.15) is 0 Å². The molecule has 20 heavy (non-hydrogen) atoms. The highest BCUT2D eigenvalue weighted by Gasteiger charge is 2.10. The van der Waals surface area contributed by atoms with Gasteiger partial charge in [-0.15, -0.1) is 0 Å². The predicted molar refractivity (Wildman–Crippen MR) is 90.5 cm³/mol. The molecule has 0 spiro atoms. The van der Waals surface area contributed by atoms with Crippen molar-refractivity contribution in [3.8, 4) is 0 Å². The Morgan fingerprint density at radius 1 is 1.50 bits per heavy atom. The minimum atomic E-state index is -0.771. The molecule has 6 heteroatoms. The first-order valence-corrected chi connectivity index (χ1v) is 8.89. The number of nitrogens with one attached hydrogen (secondary N) is 1. The van der Waals surface area contributed by atoms with Gasteiger partial charge in [0, 0.05) is 38.7 Å². The average molecular weight is 356 g/mol. The molecule has 0 aliphatic heterocycles. The van der Waals surface area contributed by atoms with Gasteiger partial charge in [-0.3, -0.25) is 9.19 Å². The molecule has 1 aromatic carbocycles. The lowest BCUT2D eigenvalue weighted by molar-refractivity contribution is 0.678. The Morgan fingerprint density at radius 3 is 2.95 bits per heavy atom. The number of rotatable bonds is 5. The van der Waals surface area contributed by atoms with E-state index in [4.69, 9.17) is 5.73 Å². The van der Waals surface area contributed by atoms with E-state index in [9.17, 15) is 4.21 Å². The molecule has 0 aliphatic carbocycles. The number of pyridine rings is 1. The number of hydrogen-bond acceptors (Lipinski definition) is 4. The van der Waals surface area contributed by atoms with Crippen molar-refractivity contribution in [1.29, 1.82) is 0 Å². The Kier molecular flexibility index (Phi) is 4.99. The monoisotopic (exact) mass is 355 g/mol. The van der Waals surface area contributed by atoms with E-state index in [-0.39, 0.29) is 6.04 Å². The number of halogens is 1. The summed E-state index contributed by atoms with van der Waals surface area (Å²) in [5.74, 6) is 0.681. The van der Waals surface area contributed by atoms with Gasteiger partial charge >= 0.3 is 0 Å². The van der Waals surface area contributed by atoms with E-state index < -0.39 is 10.8 Å². The van der Waals surface area contributed by atoms with Gasteiger partial charge < -0.3 is 11.1 Å². The van der Waals surface area contributed by atoms with Crippen LogP contribution in [0.2, 0.25) is 0 Å². The van der Waals surface area contributed by atoms with Gasteiger partial charge in [-0.1, -0.05) is 15.9 Å². The first kappa shape index (κ1) is 15.3. The second-order valence-corrected chi connectivity index (χ2v) is 7.33. The molecule has 4 nitrogen and oxygen atoms in total. The van der Waals surface area contributed by atoms with Gasteiger partial charge in [0.1, 0.15) is 0 Å². The lowest BCUT2D eigenvalue weighted by Crippen LogP contribution is -2.19. The molecule has 2 rings (SSSR count). The van der Waals surface area contributed by atoms with Crippen LogP contribution in [-0.4, -0.2) is 27.2 Å². The van der Waals surface area contributed by atoms with Crippen LogP contribution in [0.15, 0.2) is 28.9 Å². The summed E-state index contributed by atoms with van der Waals surface area (Å²) in [5, 5.41) is 4.41. The van der Waals surface area contributed by atoms with E-state index >= 15 is 0 Å². The maximum Gasteiger partial charge on any atom is 0.0743 e. The van der Waals surface area contributed by atoms with E-state index in [2.05, 4.69) is 33.2 Å². The summed E-state index contributed by atoms with van der Waals surface area (Å²) in [7, 11) is -0.771. The highest BCUT2D eigenvalue weighted by Crippen LogP contribution is 2.30. The van der Waals surface area contributed by atoms with E-state index in [1.807, 2.05) is 18.2 Å². The molecule has 2 unspecified atom stereocenters. The van der Waals surface area contributed by atoms with Crippen molar-refractivity contribution in [3.05, 3.63) is 28.9 Å². The standard InChI is InChI=1S/C14H18BrN3OS/c1-9(5-6-20(2)19)18-14-11-7-10(15)3-4-13(11)17-8-12(14)16/h3-4,7-9H,5-6,16H2,1-2H3,(H,17,18). The molecule has 0 radical (unpaired) electrons. The summed E-state index contributed by atoms with van der Waals surface area (Å²) in [6, 6.07) is 6.12. The van der Waals surface area contributed by atoms with E-state index in [1.54, 1.807) is 12.5 Å². The fourth-order valence-electron chi connectivity index (χ4n) is 2.00. The first-order valence-electron chi connectivity index (χ1n) is 6.37. The van der Waals surface area contributed by atoms with Crippen LogP contribution >= 0.6 is 15.9 Å². The maximum absolute atomic E-state index is 11.2. The van der Waals surface area contributed by atoms with Crippen molar-refractivity contribution >= 4 is 49.0 Å². The zero-order valence-corrected chi connectivity index (χ0v) is 13.9. The maximum atomic E-state index is 11.2. The fraction of sp³-hybridized carbons (Fsp3) is 0.357. The van der Waals surface area contributed by atoms with Crippen molar-refractivity contribution in [2.24, 2.45) is 0 Å². The van der Waals surface area contributed by atoms with Crippen molar-refractivity contribution in [1.82, 2.24) is 4.98 Å². The van der Waals surface area contributed by atoms with E-state index in [1.165, 1.54) is 0 Å². The Bertz CT molecular complexity index is 642. The number of nitrogens with two attached hydrogens (primary N) is 1. The molecule has 0 bridgehead atoms. The molecule has 0 amide bonds. The second-order valence-electron chi connectivity index (χ2n) is 4.86. The largest absolute Gasteiger partial charge is 0.396 e. The topological polar surface area (TPSA) is 68.0 Å². The number of hydrogen-bond donors (Lipinski definition) is 2. The minimum absolute atomic E-state index is 0.200. The number of nitrogens with zero attached hydrogens (tertiary/aromatic N) is 1. The van der Waals surface area contributed by atoms with Crippen LogP contribution in [0, 0.1) is 0 Å². The third-order valence-corrected chi connectivity index (χ3v) is 4.39. The van der Waals surface area contributed by atoms with Gasteiger partial charge in [-0.25, -0.2) is 0 Å². The molecule has 2 atom stereocenters. The van der Waals surface area contributed by atoms with Crippen LogP contribution in [-0.2, 0) is 10.8 Å². The summed E-state index contributed by atoms with van der Waals surface area (Å²) in [4.78, 5) is 4.33. The van der Waals surface area contributed by atoms with Crippen molar-refractivity contribution in [2.45, 2.75) is 19.4 Å². The van der Waals surface area contributed by atoms with Crippen LogP contribution in [0.25, 0.3) is 10.9 Å². The highest BCUT2D eigenvalue weighted by molar-refractivity contribution is 9.10. The van der Waals surface area contributed by atoms with Crippen molar-refractivity contribution in [2.75, 3.05) is 23.1 Å². The van der Waals surface area contributed by atoms with Gasteiger partial charge in [0.15, 0.2) is 0 Å². The minimum Gasteiger partial charge on any atom is -0.396 e. The van der Waals surface area contributed by atoms with E-state index in [0.29, 0.717) is 11.4 Å². The van der Waals surface area contributed by atoms with Crippen LogP contribution < -0.4 is 11.1 Å². The summed E-state index contributed by atoms with van der Waals surface area (Å²) in [6.45, 7) is 2.07. The predicted octanol–water partition coefficient (Wildman–Crippen LogP) is 3.15. The normalized spacial score (nSPS) is 14.2. The number of fused-ring (bicyclic) bond motifs is 1. The number of nitrogen functional groups attached to an aromatic ring is 1. The van der Waals surface area contributed by atoms with Gasteiger partial charge in [0.2, 0.25) is 0 Å². The third kappa shape index (κ3) is 3.70. The molecule has 108 valence electrons. The van der Waals surface area contributed by atoms with Gasteiger partial charge in [-0.05, 0) is 31.5 Å². The Hall–Kier alpha value is -1.14. The molecule has 1 heterocycles. The quantitative estimate of drug-likeness (QED) is 0.864. The molecular weight excluding hydrogens is 338 g/mol. The zero-order valence-electron chi connectivity index (χ0n) is 11.5. The number of anilines is 2. The lowest BCUT2D eigenvalue weighted by atomic mass is 10.1. The average Bonchev–Trinajstić information content (AvgIpc) is 2.40. The smallest absolute Gasteiger partial charge is 0.0743 e. The van der Waals surface area contributed by atoms with Crippen LogP contribution in [0.5, 0.6) is 0 Å². The molecule has 0 fully saturated rings. The third-order valence-electron chi connectivity index (χ3n) is 3.09. The Labute approximate surface area is 129 Å². The van der Waals surface area contributed by atoms with Crippen molar-refractivity contribution in [3.63, 3.8) is 0 Å². The molecule has 0 aliphatic rings. The molecule has 0 saturated heterocycles. The van der Waals surface area contributed by atoms with Crippen LogP contribution in [0.1, 0.15) is 13.3 Å². The van der Waals surface area contributed by atoms with Gasteiger partial charge in [0.25, 0.3) is 0 Å². The van der Waals surface area contributed by atoms with E-state index in [0.717, 1.165) is 27.5 Å². The summed E-state index contributed by atoms with van der Waals surface area (Å²) >= 11 is 3.47. The second kappa shape index (κ2) is 6.54. The summed E-state index contributed by atoms with van der Waals surface area (Å²) < 4.78 is 12.2. The SMILES string of the molecule is CC(CCS(C)=O)Nc1c(N)cnc2ccc(Br)cc12. The first-order chi connectivity index (χ1) is 9.47. The zero-order chi connectivity index (χ0) is 14.7. The molecular formula is C14H18BrN3OS. The lowest BCUT2D eigenvalue weighted by Gasteiger charge is -2.18. The number of benzene rings is 1. The van der Waals surface area contributed by atoms with Gasteiger partial charge in [0.05, 0.1) is 23.1 Å². The highest BCUT2D eigenvalue weighted by atomic mass is 79.9. The summed E-state index contributed by atoms with van der Waals surface area (Å²) in [6.07, 6.45) is 4.23. The van der Waals surface area contributed by atoms with Crippen LogP contribution in [0.4, 0.5) is 11.4 Å². The number of aromatic nitrogens is 1. The van der Waals surface area contributed by atoms with Crippen molar-refractivity contribution < 1.29 is 4.21 Å². The Morgan fingerprint density at radius 2 is 2.25 bits per heavy atom. The van der Waals surface area contributed by atoms with Crippen LogP contribution in [0.3, 0.4) is 0 Å². The molecule has 0 saturated carbocycles. The molecule has 2 aromatic rings. The Balaban J connectivity index is 2.30.